The molecule has 0 saturated heterocycles. The number of aromatic carboxylic acids is 1. The van der Waals surface area contributed by atoms with Gasteiger partial charge in [0.15, 0.2) is 0 Å². The summed E-state index contributed by atoms with van der Waals surface area (Å²) in [6.07, 6.45) is -1.96. The van der Waals surface area contributed by atoms with E-state index in [0.717, 1.165) is 6.20 Å². The number of halogens is 4. The molecule has 1 N–H and O–H groups in total. The first-order valence-electron chi connectivity index (χ1n) is 3.30. The molecule has 1 heterocycles. The van der Waals surface area contributed by atoms with Crippen molar-refractivity contribution in [2.24, 2.45) is 0 Å². The Labute approximate surface area is 90.8 Å². The first-order chi connectivity index (χ1) is 6.45. The van der Waals surface area contributed by atoms with Crippen molar-refractivity contribution in [1.29, 1.82) is 0 Å². The number of pyridine rings is 1. The van der Waals surface area contributed by atoms with Crippen LogP contribution in [-0.4, -0.2) is 16.1 Å². The molecule has 76 valence electrons. The highest BCUT2D eigenvalue weighted by Crippen LogP contribution is 2.31. The molecular weight excluding hydrogens is 283 g/mol. The summed E-state index contributed by atoms with van der Waals surface area (Å²) in [6, 6.07) is 0. The predicted molar refractivity (Wildman–Crippen MR) is 48.9 cm³/mol. The largest absolute Gasteiger partial charge is 0.478 e. The molecule has 1 aromatic heterocycles. The summed E-state index contributed by atoms with van der Waals surface area (Å²) in [4.78, 5) is 14.0. The maximum absolute atomic E-state index is 12.3. The normalized spacial score (nSPS) is 10.6. The van der Waals surface area contributed by atoms with Crippen molar-refractivity contribution in [2.75, 3.05) is 0 Å². The lowest BCUT2D eigenvalue weighted by Gasteiger charge is -2.06. The highest BCUT2D eigenvalue weighted by atomic mass is 79.9. The Hall–Kier alpha value is -0.750. The van der Waals surface area contributed by atoms with E-state index in [1.54, 1.807) is 0 Å². The quantitative estimate of drug-likeness (QED) is 0.908. The fourth-order valence-electron chi connectivity index (χ4n) is 0.829. The van der Waals surface area contributed by atoms with E-state index in [9.17, 15) is 13.6 Å². The molecule has 1 rings (SSSR count). The lowest BCUT2D eigenvalue weighted by Crippen LogP contribution is -2.04. The topological polar surface area (TPSA) is 50.2 Å². The van der Waals surface area contributed by atoms with Gasteiger partial charge in [-0.15, -0.1) is 0 Å². The molecule has 0 bridgehead atoms. The van der Waals surface area contributed by atoms with Crippen LogP contribution < -0.4 is 0 Å². The molecular formula is C7H3BrClF2NO2. The molecule has 0 saturated carbocycles. The summed E-state index contributed by atoms with van der Waals surface area (Å²) < 4.78 is 24.3. The van der Waals surface area contributed by atoms with E-state index >= 15 is 0 Å². The minimum absolute atomic E-state index is 0.186. The number of alkyl halides is 2. The van der Waals surface area contributed by atoms with Crippen LogP contribution in [0.15, 0.2) is 10.7 Å². The zero-order chi connectivity index (χ0) is 10.9. The summed E-state index contributed by atoms with van der Waals surface area (Å²) >= 11 is 8.21. The fourth-order valence-corrected chi connectivity index (χ4v) is 1.83. The SMILES string of the molecule is O=C(O)c1c(Cl)cnc(C(F)F)c1Br. The molecule has 0 spiro atoms. The van der Waals surface area contributed by atoms with E-state index in [0.29, 0.717) is 0 Å². The van der Waals surface area contributed by atoms with Crippen LogP contribution in [0, 0.1) is 0 Å². The first kappa shape index (κ1) is 11.3. The Morgan fingerprint density at radius 1 is 1.64 bits per heavy atom. The summed E-state index contributed by atoms with van der Waals surface area (Å²) in [7, 11) is 0. The van der Waals surface area contributed by atoms with Crippen molar-refractivity contribution in [2.45, 2.75) is 6.43 Å². The monoisotopic (exact) mass is 285 g/mol. The average molecular weight is 286 g/mol. The Kier molecular flexibility index (Phi) is 3.38. The number of hydrogen-bond donors (Lipinski definition) is 1. The maximum atomic E-state index is 12.3. The van der Waals surface area contributed by atoms with Gasteiger partial charge in [0.2, 0.25) is 0 Å². The van der Waals surface area contributed by atoms with Crippen molar-refractivity contribution in [3.8, 4) is 0 Å². The molecule has 0 radical (unpaired) electrons. The van der Waals surface area contributed by atoms with Crippen LogP contribution in [0.3, 0.4) is 0 Å². The van der Waals surface area contributed by atoms with Crippen LogP contribution in [0.25, 0.3) is 0 Å². The van der Waals surface area contributed by atoms with Crippen LogP contribution in [0.2, 0.25) is 5.02 Å². The molecule has 1 aromatic rings. The summed E-state index contributed by atoms with van der Waals surface area (Å²) in [5, 5.41) is 8.48. The van der Waals surface area contributed by atoms with Crippen molar-refractivity contribution in [3.05, 3.63) is 26.9 Å². The molecule has 0 aliphatic carbocycles. The van der Waals surface area contributed by atoms with Crippen molar-refractivity contribution in [1.82, 2.24) is 4.98 Å². The standard InChI is InChI=1S/C7H3BrClF2NO2/c8-4-3(7(13)14)2(9)1-12-5(4)6(10)11/h1,6H,(H,13,14). The Balaban J connectivity index is 3.41. The molecule has 0 aromatic carbocycles. The van der Waals surface area contributed by atoms with Crippen LogP contribution >= 0.6 is 27.5 Å². The molecule has 3 nitrogen and oxygen atoms in total. The van der Waals surface area contributed by atoms with Crippen LogP contribution in [0.4, 0.5) is 8.78 Å². The summed E-state index contributed by atoms with van der Waals surface area (Å²) in [6.45, 7) is 0. The highest BCUT2D eigenvalue weighted by Gasteiger charge is 2.22. The number of carbonyl (C=O) groups is 1. The Bertz CT molecular complexity index is 386. The predicted octanol–water partition coefficient (Wildman–Crippen LogP) is 3.13. The van der Waals surface area contributed by atoms with Gasteiger partial charge in [-0.25, -0.2) is 13.6 Å². The van der Waals surface area contributed by atoms with Gasteiger partial charge in [0.25, 0.3) is 6.43 Å². The number of nitrogens with zero attached hydrogens (tertiary/aromatic N) is 1. The smallest absolute Gasteiger partial charge is 0.338 e. The molecule has 7 heteroatoms. The number of aromatic nitrogens is 1. The number of rotatable bonds is 2. The van der Waals surface area contributed by atoms with Gasteiger partial charge in [0, 0.05) is 6.20 Å². The van der Waals surface area contributed by atoms with E-state index < -0.39 is 23.7 Å². The second kappa shape index (κ2) is 4.18. The number of carboxylic acid groups (broad SMARTS) is 1. The average Bonchev–Trinajstić information content (AvgIpc) is 2.02. The minimum Gasteiger partial charge on any atom is -0.478 e. The van der Waals surface area contributed by atoms with E-state index in [1.807, 2.05) is 0 Å². The molecule has 0 aliphatic rings. The van der Waals surface area contributed by atoms with Crippen LogP contribution in [-0.2, 0) is 0 Å². The molecule has 0 fully saturated rings. The Morgan fingerprint density at radius 3 is 2.64 bits per heavy atom. The van der Waals surface area contributed by atoms with Gasteiger partial charge in [-0.3, -0.25) is 4.98 Å². The third-order valence-corrected chi connectivity index (χ3v) is 2.51. The zero-order valence-electron chi connectivity index (χ0n) is 6.47. The van der Waals surface area contributed by atoms with Crippen molar-refractivity contribution in [3.63, 3.8) is 0 Å². The molecule has 0 amide bonds. The minimum atomic E-state index is -2.85. The third-order valence-electron chi connectivity index (χ3n) is 1.42. The summed E-state index contributed by atoms with van der Waals surface area (Å²) in [5.74, 6) is -1.38. The van der Waals surface area contributed by atoms with Crippen LogP contribution in [0.5, 0.6) is 0 Å². The van der Waals surface area contributed by atoms with Gasteiger partial charge >= 0.3 is 5.97 Å². The van der Waals surface area contributed by atoms with Gasteiger partial charge < -0.3 is 5.11 Å². The first-order valence-corrected chi connectivity index (χ1v) is 4.47. The van der Waals surface area contributed by atoms with E-state index in [2.05, 4.69) is 20.9 Å². The highest BCUT2D eigenvalue weighted by molar-refractivity contribution is 9.10. The maximum Gasteiger partial charge on any atom is 0.338 e. The zero-order valence-corrected chi connectivity index (χ0v) is 8.81. The van der Waals surface area contributed by atoms with E-state index in [-0.39, 0.29) is 9.50 Å². The van der Waals surface area contributed by atoms with Gasteiger partial charge in [0.05, 0.1) is 15.1 Å². The van der Waals surface area contributed by atoms with Crippen molar-refractivity contribution < 1.29 is 18.7 Å². The molecule has 14 heavy (non-hydrogen) atoms. The lowest BCUT2D eigenvalue weighted by atomic mass is 10.2. The van der Waals surface area contributed by atoms with Crippen LogP contribution in [0.1, 0.15) is 22.5 Å². The summed E-state index contributed by atoms with van der Waals surface area (Å²) in [5.41, 5.74) is -1.04. The number of carboxylic acids is 1. The van der Waals surface area contributed by atoms with Gasteiger partial charge in [-0.1, -0.05) is 11.6 Å². The molecule has 0 aliphatic heterocycles. The number of hydrogen-bond acceptors (Lipinski definition) is 2. The second-order valence-corrected chi connectivity index (χ2v) is 3.49. The van der Waals surface area contributed by atoms with Gasteiger partial charge in [0.1, 0.15) is 5.69 Å². The van der Waals surface area contributed by atoms with E-state index in [1.165, 1.54) is 0 Å². The van der Waals surface area contributed by atoms with Gasteiger partial charge in [-0.05, 0) is 15.9 Å². The van der Waals surface area contributed by atoms with E-state index in [4.69, 9.17) is 16.7 Å². The van der Waals surface area contributed by atoms with Gasteiger partial charge in [-0.2, -0.15) is 0 Å². The molecule has 0 unspecified atom stereocenters. The Morgan fingerprint density at radius 2 is 2.21 bits per heavy atom. The fraction of sp³-hybridized carbons (Fsp3) is 0.143. The molecule has 0 atom stereocenters. The second-order valence-electron chi connectivity index (χ2n) is 2.29. The lowest BCUT2D eigenvalue weighted by molar-refractivity contribution is 0.0695. The third kappa shape index (κ3) is 2.01. The van der Waals surface area contributed by atoms with Crippen molar-refractivity contribution >= 4 is 33.5 Å².